The minimum Gasteiger partial charge on any atom is -0.360 e. The van der Waals surface area contributed by atoms with Gasteiger partial charge in [0.05, 0.1) is 10.7 Å². The molecule has 0 saturated heterocycles. The normalized spacial score (nSPS) is 17.3. The monoisotopic (exact) mass is 296 g/mol. The Morgan fingerprint density at radius 3 is 2.37 bits per heavy atom. The Morgan fingerprint density at radius 1 is 1.05 bits per heavy atom. The number of nitrogens with one attached hydrogen (secondary N) is 2. The number of anilines is 1. The fraction of sp³-hybridized carbons (Fsp3) is 0.533. The van der Waals surface area contributed by atoms with E-state index in [0.717, 1.165) is 5.69 Å². The van der Waals surface area contributed by atoms with E-state index in [1.54, 1.807) is 0 Å². The Hall–Kier alpha value is -0.800. The van der Waals surface area contributed by atoms with Crippen LogP contribution in [0.4, 0.5) is 5.69 Å². The summed E-state index contributed by atoms with van der Waals surface area (Å²) >= 11 is 11.5. The van der Waals surface area contributed by atoms with E-state index in [1.165, 1.54) is 44.9 Å². The SMILES string of the molecule is S=C(Nc1ccccc1Cl)NC1CCCCCCC1. The topological polar surface area (TPSA) is 24.1 Å². The molecule has 0 aliphatic heterocycles. The molecule has 1 fully saturated rings. The van der Waals surface area contributed by atoms with Gasteiger partial charge in [-0.2, -0.15) is 0 Å². The Bertz CT molecular complexity index is 414. The lowest BCUT2D eigenvalue weighted by atomic mass is 9.97. The molecule has 0 unspecified atom stereocenters. The minimum absolute atomic E-state index is 0.503. The van der Waals surface area contributed by atoms with Crippen molar-refractivity contribution in [3.63, 3.8) is 0 Å². The summed E-state index contributed by atoms with van der Waals surface area (Å²) in [5.41, 5.74) is 0.868. The highest BCUT2D eigenvalue weighted by Gasteiger charge is 2.12. The first-order chi connectivity index (χ1) is 9.25. The molecule has 0 heterocycles. The van der Waals surface area contributed by atoms with Gasteiger partial charge in [0.15, 0.2) is 5.11 Å². The molecule has 1 saturated carbocycles. The fourth-order valence-electron chi connectivity index (χ4n) is 2.51. The van der Waals surface area contributed by atoms with E-state index in [9.17, 15) is 0 Å². The molecule has 2 rings (SSSR count). The summed E-state index contributed by atoms with van der Waals surface area (Å²) < 4.78 is 0. The van der Waals surface area contributed by atoms with Crippen molar-refractivity contribution in [2.75, 3.05) is 5.32 Å². The number of para-hydroxylation sites is 1. The third kappa shape index (κ3) is 5.00. The molecule has 19 heavy (non-hydrogen) atoms. The molecule has 1 aliphatic carbocycles. The van der Waals surface area contributed by atoms with Crippen LogP contribution in [-0.2, 0) is 0 Å². The molecule has 1 aliphatic rings. The summed E-state index contributed by atoms with van der Waals surface area (Å²) in [7, 11) is 0. The maximum atomic E-state index is 6.11. The smallest absolute Gasteiger partial charge is 0.171 e. The maximum Gasteiger partial charge on any atom is 0.171 e. The van der Waals surface area contributed by atoms with Crippen molar-refractivity contribution in [3.8, 4) is 0 Å². The van der Waals surface area contributed by atoms with Gasteiger partial charge in [0.2, 0.25) is 0 Å². The van der Waals surface area contributed by atoms with E-state index in [-0.39, 0.29) is 0 Å². The molecular formula is C15H21ClN2S. The van der Waals surface area contributed by atoms with E-state index >= 15 is 0 Å². The molecule has 0 aromatic heterocycles. The molecule has 0 radical (unpaired) electrons. The van der Waals surface area contributed by atoms with Gasteiger partial charge < -0.3 is 10.6 Å². The Morgan fingerprint density at radius 2 is 1.68 bits per heavy atom. The third-order valence-corrected chi connectivity index (χ3v) is 4.11. The zero-order valence-corrected chi connectivity index (χ0v) is 12.7. The van der Waals surface area contributed by atoms with Crippen LogP contribution in [0.5, 0.6) is 0 Å². The van der Waals surface area contributed by atoms with Gasteiger partial charge in [-0.3, -0.25) is 0 Å². The lowest BCUT2D eigenvalue weighted by molar-refractivity contribution is 0.430. The van der Waals surface area contributed by atoms with Crippen molar-refractivity contribution in [1.82, 2.24) is 5.32 Å². The summed E-state index contributed by atoms with van der Waals surface area (Å²) in [6.07, 6.45) is 9.11. The van der Waals surface area contributed by atoms with Gasteiger partial charge >= 0.3 is 0 Å². The van der Waals surface area contributed by atoms with Crippen LogP contribution in [0.2, 0.25) is 5.02 Å². The number of hydrogen-bond acceptors (Lipinski definition) is 1. The van der Waals surface area contributed by atoms with Crippen LogP contribution in [0.15, 0.2) is 24.3 Å². The van der Waals surface area contributed by atoms with E-state index in [4.69, 9.17) is 23.8 Å². The predicted molar refractivity (Wildman–Crippen MR) is 86.9 cm³/mol. The zero-order chi connectivity index (χ0) is 13.5. The largest absolute Gasteiger partial charge is 0.360 e. The number of halogens is 1. The quantitative estimate of drug-likeness (QED) is 0.771. The van der Waals surface area contributed by atoms with Crippen molar-refractivity contribution in [2.24, 2.45) is 0 Å². The van der Waals surface area contributed by atoms with E-state index in [2.05, 4.69) is 10.6 Å². The highest BCUT2D eigenvalue weighted by Crippen LogP contribution is 2.21. The molecular weight excluding hydrogens is 276 g/mol. The fourth-order valence-corrected chi connectivity index (χ4v) is 2.97. The summed E-state index contributed by atoms with van der Waals surface area (Å²) in [4.78, 5) is 0. The lowest BCUT2D eigenvalue weighted by Gasteiger charge is -2.23. The van der Waals surface area contributed by atoms with Crippen molar-refractivity contribution in [3.05, 3.63) is 29.3 Å². The standard InChI is InChI=1S/C15H21ClN2S/c16-13-10-6-7-11-14(13)18-15(19)17-12-8-4-2-1-3-5-9-12/h6-7,10-12H,1-5,8-9H2,(H2,17,18,19). The van der Waals surface area contributed by atoms with Gasteiger partial charge in [-0.1, -0.05) is 55.8 Å². The number of hydrogen-bond donors (Lipinski definition) is 2. The average Bonchev–Trinajstić information content (AvgIpc) is 2.35. The van der Waals surface area contributed by atoms with Gasteiger partial charge in [0.25, 0.3) is 0 Å². The molecule has 104 valence electrons. The minimum atomic E-state index is 0.503. The second kappa shape index (κ2) is 7.71. The van der Waals surface area contributed by atoms with Gasteiger partial charge in [-0.25, -0.2) is 0 Å². The van der Waals surface area contributed by atoms with E-state index < -0.39 is 0 Å². The average molecular weight is 297 g/mol. The van der Waals surface area contributed by atoms with Crippen LogP contribution in [-0.4, -0.2) is 11.2 Å². The molecule has 0 spiro atoms. The van der Waals surface area contributed by atoms with Crippen molar-refractivity contribution < 1.29 is 0 Å². The molecule has 0 bridgehead atoms. The van der Waals surface area contributed by atoms with E-state index in [0.29, 0.717) is 16.2 Å². The van der Waals surface area contributed by atoms with E-state index in [1.807, 2.05) is 24.3 Å². The highest BCUT2D eigenvalue weighted by molar-refractivity contribution is 7.80. The molecule has 2 nitrogen and oxygen atoms in total. The van der Waals surface area contributed by atoms with Crippen molar-refractivity contribution >= 4 is 34.6 Å². The highest BCUT2D eigenvalue weighted by atomic mass is 35.5. The van der Waals surface area contributed by atoms with Gasteiger partial charge in [0.1, 0.15) is 0 Å². The van der Waals surface area contributed by atoms with Crippen molar-refractivity contribution in [2.45, 2.75) is 51.0 Å². The van der Waals surface area contributed by atoms with Crippen LogP contribution < -0.4 is 10.6 Å². The summed E-state index contributed by atoms with van der Waals surface area (Å²) in [6.45, 7) is 0. The zero-order valence-electron chi connectivity index (χ0n) is 11.1. The van der Waals surface area contributed by atoms with Crippen LogP contribution in [0.25, 0.3) is 0 Å². The molecule has 0 atom stereocenters. The number of benzene rings is 1. The molecule has 4 heteroatoms. The lowest BCUT2D eigenvalue weighted by Crippen LogP contribution is -2.38. The van der Waals surface area contributed by atoms with Crippen LogP contribution in [0, 0.1) is 0 Å². The number of rotatable bonds is 2. The Balaban J connectivity index is 1.84. The Labute approximate surface area is 125 Å². The summed E-state index contributed by atoms with van der Waals surface area (Å²) in [5, 5.41) is 7.98. The third-order valence-electron chi connectivity index (χ3n) is 3.56. The second-order valence-corrected chi connectivity index (χ2v) is 5.94. The van der Waals surface area contributed by atoms with Gasteiger partial charge in [-0.05, 0) is 37.2 Å². The maximum absolute atomic E-state index is 6.11. The first kappa shape index (κ1) is 14.6. The number of thiocarbonyl (C=S) groups is 1. The summed E-state index contributed by atoms with van der Waals surface area (Å²) in [5.74, 6) is 0. The first-order valence-electron chi connectivity index (χ1n) is 7.08. The van der Waals surface area contributed by atoms with Gasteiger partial charge in [-0.15, -0.1) is 0 Å². The van der Waals surface area contributed by atoms with Gasteiger partial charge in [0, 0.05) is 6.04 Å². The second-order valence-electron chi connectivity index (χ2n) is 5.12. The first-order valence-corrected chi connectivity index (χ1v) is 7.86. The predicted octanol–water partition coefficient (Wildman–Crippen LogP) is 4.74. The molecule has 2 N–H and O–H groups in total. The molecule has 1 aromatic rings. The van der Waals surface area contributed by atoms with Crippen LogP contribution in [0.1, 0.15) is 44.9 Å². The molecule has 1 aromatic carbocycles. The molecule has 0 amide bonds. The summed E-state index contributed by atoms with van der Waals surface area (Å²) in [6, 6.07) is 8.17. The Kier molecular flexibility index (Phi) is 5.93. The van der Waals surface area contributed by atoms with Crippen LogP contribution in [0.3, 0.4) is 0 Å². The van der Waals surface area contributed by atoms with Crippen LogP contribution >= 0.6 is 23.8 Å². The van der Waals surface area contributed by atoms with Crippen molar-refractivity contribution in [1.29, 1.82) is 0 Å².